The number of hydrogen-bond acceptors (Lipinski definition) is 3. The van der Waals surface area contributed by atoms with Crippen molar-refractivity contribution in [3.8, 4) is 11.5 Å². The molecule has 1 unspecified atom stereocenters. The number of halogens is 3. The van der Waals surface area contributed by atoms with E-state index in [1.54, 1.807) is 0 Å². The second-order valence-corrected chi connectivity index (χ2v) is 6.13. The summed E-state index contributed by atoms with van der Waals surface area (Å²) in [5, 5.41) is 3.73. The first-order chi connectivity index (χ1) is 8.61. The Kier molecular flexibility index (Phi) is 4.81. The van der Waals surface area contributed by atoms with Crippen molar-refractivity contribution in [2.24, 2.45) is 0 Å². The molecule has 1 aromatic heterocycles. The largest absolute Gasteiger partial charge is 0.334 e. The number of rotatable bonds is 4. The van der Waals surface area contributed by atoms with Gasteiger partial charge in [-0.25, -0.2) is 0 Å². The van der Waals surface area contributed by atoms with Gasteiger partial charge in [0.05, 0.1) is 10.9 Å². The summed E-state index contributed by atoms with van der Waals surface area (Å²) in [6.45, 7) is 2.07. The van der Waals surface area contributed by atoms with Gasteiger partial charge in [-0.15, -0.1) is 11.6 Å². The molecule has 0 saturated heterocycles. The molecular formula is C12H11Br2ClN2O. The van der Waals surface area contributed by atoms with Gasteiger partial charge < -0.3 is 4.52 Å². The molecule has 0 aliphatic carbocycles. The molecule has 0 spiro atoms. The van der Waals surface area contributed by atoms with Gasteiger partial charge >= 0.3 is 0 Å². The van der Waals surface area contributed by atoms with Gasteiger partial charge in [-0.3, -0.25) is 0 Å². The van der Waals surface area contributed by atoms with Crippen LogP contribution in [0, 0.1) is 0 Å². The Morgan fingerprint density at radius 3 is 2.89 bits per heavy atom. The summed E-state index contributed by atoms with van der Waals surface area (Å²) < 4.78 is 7.12. The van der Waals surface area contributed by atoms with Crippen molar-refractivity contribution in [2.45, 2.75) is 25.1 Å². The molecule has 0 fully saturated rings. The van der Waals surface area contributed by atoms with Crippen molar-refractivity contribution in [1.29, 1.82) is 0 Å². The third kappa shape index (κ3) is 3.13. The van der Waals surface area contributed by atoms with E-state index in [1.165, 1.54) is 0 Å². The lowest BCUT2D eigenvalue weighted by Crippen LogP contribution is -1.92. The summed E-state index contributed by atoms with van der Waals surface area (Å²) in [6.07, 6.45) is 1.82. The predicted octanol–water partition coefficient (Wildman–Crippen LogP) is 5.34. The van der Waals surface area contributed by atoms with Crippen LogP contribution in [0.1, 0.15) is 31.0 Å². The Hall–Kier alpha value is -0.390. The maximum Gasteiger partial charge on any atom is 0.259 e. The third-order valence-corrected chi connectivity index (χ3v) is 4.02. The van der Waals surface area contributed by atoms with Crippen LogP contribution in [0.25, 0.3) is 11.5 Å². The molecule has 1 atom stereocenters. The van der Waals surface area contributed by atoms with E-state index in [9.17, 15) is 0 Å². The van der Waals surface area contributed by atoms with Crippen LogP contribution in [0.2, 0.25) is 0 Å². The van der Waals surface area contributed by atoms with Gasteiger partial charge in [0.1, 0.15) is 0 Å². The lowest BCUT2D eigenvalue weighted by atomic mass is 10.2. The van der Waals surface area contributed by atoms with Crippen LogP contribution in [0.15, 0.2) is 31.7 Å². The van der Waals surface area contributed by atoms with E-state index >= 15 is 0 Å². The molecule has 2 aromatic rings. The molecule has 0 bridgehead atoms. The van der Waals surface area contributed by atoms with Crippen LogP contribution < -0.4 is 0 Å². The van der Waals surface area contributed by atoms with Gasteiger partial charge in [-0.1, -0.05) is 34.4 Å². The minimum absolute atomic E-state index is 0.196. The molecule has 0 amide bonds. The topological polar surface area (TPSA) is 38.9 Å². The van der Waals surface area contributed by atoms with Gasteiger partial charge in [-0.2, -0.15) is 4.98 Å². The summed E-state index contributed by atoms with van der Waals surface area (Å²) >= 11 is 13.1. The average Bonchev–Trinajstić information content (AvgIpc) is 2.82. The fourth-order valence-electron chi connectivity index (χ4n) is 1.52. The number of hydrogen-bond donors (Lipinski definition) is 0. The Bertz CT molecular complexity index is 545. The highest BCUT2D eigenvalue weighted by molar-refractivity contribution is 9.11. The Morgan fingerprint density at radius 2 is 2.17 bits per heavy atom. The van der Waals surface area contributed by atoms with Crippen molar-refractivity contribution in [3.05, 3.63) is 33.0 Å². The highest BCUT2D eigenvalue weighted by Gasteiger charge is 2.17. The molecule has 2 rings (SSSR count). The zero-order chi connectivity index (χ0) is 13.1. The summed E-state index contributed by atoms with van der Waals surface area (Å²) in [5.74, 6) is 1.01. The molecule has 1 aromatic carbocycles. The van der Waals surface area contributed by atoms with Crippen LogP contribution in [0.5, 0.6) is 0 Å². The van der Waals surface area contributed by atoms with Crippen LogP contribution >= 0.6 is 43.5 Å². The normalized spacial score (nSPS) is 12.7. The van der Waals surface area contributed by atoms with Gasteiger partial charge in [0.2, 0.25) is 0 Å². The molecule has 18 heavy (non-hydrogen) atoms. The second kappa shape index (κ2) is 6.17. The fraction of sp³-hybridized carbons (Fsp3) is 0.333. The van der Waals surface area contributed by atoms with E-state index in [2.05, 4.69) is 48.9 Å². The van der Waals surface area contributed by atoms with Crippen molar-refractivity contribution in [1.82, 2.24) is 10.1 Å². The molecule has 0 aliphatic rings. The number of alkyl halides is 1. The molecule has 1 heterocycles. The van der Waals surface area contributed by atoms with Gasteiger partial charge in [-0.05, 0) is 40.5 Å². The summed E-state index contributed by atoms with van der Waals surface area (Å²) in [7, 11) is 0. The van der Waals surface area contributed by atoms with Crippen LogP contribution in [0.4, 0.5) is 0 Å². The van der Waals surface area contributed by atoms with Gasteiger partial charge in [0.25, 0.3) is 5.89 Å². The summed E-state index contributed by atoms with van der Waals surface area (Å²) in [6, 6.07) is 5.78. The Balaban J connectivity index is 2.32. The van der Waals surface area contributed by atoms with Crippen molar-refractivity contribution >= 4 is 43.5 Å². The molecule has 96 valence electrons. The number of benzene rings is 1. The summed E-state index contributed by atoms with van der Waals surface area (Å²) in [5.41, 5.74) is 0.850. The first-order valence-electron chi connectivity index (χ1n) is 5.55. The van der Waals surface area contributed by atoms with Crippen molar-refractivity contribution in [2.75, 3.05) is 0 Å². The quantitative estimate of drug-likeness (QED) is 0.657. The zero-order valence-electron chi connectivity index (χ0n) is 9.66. The smallest absolute Gasteiger partial charge is 0.259 e. The van der Waals surface area contributed by atoms with E-state index in [0.29, 0.717) is 11.7 Å². The highest BCUT2D eigenvalue weighted by atomic mass is 79.9. The predicted molar refractivity (Wildman–Crippen MR) is 78.6 cm³/mol. The molecule has 0 N–H and O–H groups in total. The van der Waals surface area contributed by atoms with E-state index in [4.69, 9.17) is 16.1 Å². The first-order valence-corrected chi connectivity index (χ1v) is 7.57. The third-order valence-electron chi connectivity index (χ3n) is 2.42. The minimum Gasteiger partial charge on any atom is -0.334 e. The average molecular weight is 394 g/mol. The summed E-state index contributed by atoms with van der Waals surface area (Å²) in [4.78, 5) is 4.34. The molecule has 0 aliphatic heterocycles. The Morgan fingerprint density at radius 1 is 1.39 bits per heavy atom. The van der Waals surface area contributed by atoms with Gasteiger partial charge in [0, 0.05) is 8.95 Å². The molecule has 0 radical (unpaired) electrons. The Labute approximate surface area is 127 Å². The van der Waals surface area contributed by atoms with Crippen molar-refractivity contribution in [3.63, 3.8) is 0 Å². The van der Waals surface area contributed by atoms with Gasteiger partial charge in [0.15, 0.2) is 5.82 Å². The second-order valence-electron chi connectivity index (χ2n) is 3.84. The minimum atomic E-state index is -0.196. The zero-order valence-corrected chi connectivity index (χ0v) is 13.6. The standard InChI is InChI=1S/C12H11Br2ClN2O/c1-2-3-10(15)11-16-12(18-17-11)8-6-7(13)4-5-9(8)14/h4-6,10H,2-3H2,1H3. The lowest BCUT2D eigenvalue weighted by Gasteiger charge is -2.00. The van der Waals surface area contributed by atoms with Crippen LogP contribution in [0.3, 0.4) is 0 Å². The molecule has 3 nitrogen and oxygen atoms in total. The van der Waals surface area contributed by atoms with E-state index in [0.717, 1.165) is 27.4 Å². The van der Waals surface area contributed by atoms with Crippen molar-refractivity contribution < 1.29 is 4.52 Å². The van der Waals surface area contributed by atoms with Crippen LogP contribution in [-0.4, -0.2) is 10.1 Å². The van der Waals surface area contributed by atoms with E-state index in [1.807, 2.05) is 18.2 Å². The van der Waals surface area contributed by atoms with E-state index < -0.39 is 0 Å². The lowest BCUT2D eigenvalue weighted by molar-refractivity contribution is 0.420. The SMILES string of the molecule is CCCC(Cl)c1noc(-c2cc(Br)ccc2Br)n1. The van der Waals surface area contributed by atoms with E-state index in [-0.39, 0.29) is 5.38 Å². The first kappa shape index (κ1) is 14.0. The maximum absolute atomic E-state index is 6.17. The molecule has 0 saturated carbocycles. The number of aromatic nitrogens is 2. The maximum atomic E-state index is 6.17. The molecule has 6 heteroatoms. The fourth-order valence-corrected chi connectivity index (χ4v) is 2.60. The highest BCUT2D eigenvalue weighted by Crippen LogP contribution is 2.31. The van der Waals surface area contributed by atoms with Crippen LogP contribution in [-0.2, 0) is 0 Å². The molecular weight excluding hydrogens is 383 g/mol. The number of nitrogens with zero attached hydrogens (tertiary/aromatic N) is 2. The monoisotopic (exact) mass is 392 g/mol.